The van der Waals surface area contributed by atoms with Crippen LogP contribution in [-0.2, 0) is 4.79 Å². The average molecular weight is 127 g/mol. The summed E-state index contributed by atoms with van der Waals surface area (Å²) in [5.41, 5.74) is 0. The Hall–Kier alpha value is -0.790. The summed E-state index contributed by atoms with van der Waals surface area (Å²) in [5.74, 6) is 0.0931. The van der Waals surface area contributed by atoms with Crippen molar-refractivity contribution in [2.24, 2.45) is 0 Å². The van der Waals surface area contributed by atoms with Crippen LogP contribution in [-0.4, -0.2) is 5.91 Å². The number of carbonyl (C=O) groups excluding carboxylic acids is 1. The largest absolute Gasteiger partial charge is 0.333 e. The summed E-state index contributed by atoms with van der Waals surface area (Å²) in [6.07, 6.45) is 4.97. The summed E-state index contributed by atoms with van der Waals surface area (Å²) in [4.78, 5) is 10.6. The summed E-state index contributed by atoms with van der Waals surface area (Å²) in [6.45, 7) is 3.85. The molecule has 0 rings (SSSR count). The van der Waals surface area contributed by atoms with Crippen LogP contribution in [0.3, 0.4) is 0 Å². The molecule has 1 N–H and O–H groups in total. The first-order valence-electron chi connectivity index (χ1n) is 3.21. The molecular weight excluding hydrogens is 114 g/mol. The second-order valence-electron chi connectivity index (χ2n) is 1.82. The standard InChI is InChI=1S/C7H13NO/c1-3-5-7(9)8-6-4-2/h4,6H,3,5H2,1-2H3,(H,8,9). The highest BCUT2D eigenvalue weighted by Gasteiger charge is 1.91. The molecule has 0 aliphatic carbocycles. The van der Waals surface area contributed by atoms with E-state index in [1.165, 1.54) is 0 Å². The molecule has 0 aliphatic rings. The van der Waals surface area contributed by atoms with Crippen LogP contribution in [0.4, 0.5) is 0 Å². The Kier molecular flexibility index (Phi) is 4.88. The van der Waals surface area contributed by atoms with Gasteiger partial charge in [-0.2, -0.15) is 0 Å². The summed E-state index contributed by atoms with van der Waals surface area (Å²) in [7, 11) is 0. The van der Waals surface area contributed by atoms with Gasteiger partial charge < -0.3 is 5.32 Å². The lowest BCUT2D eigenvalue weighted by molar-refractivity contribution is -0.120. The number of hydrogen-bond donors (Lipinski definition) is 1. The van der Waals surface area contributed by atoms with E-state index in [0.29, 0.717) is 6.42 Å². The molecule has 0 unspecified atom stereocenters. The summed E-state index contributed by atoms with van der Waals surface area (Å²) in [5, 5.41) is 2.61. The number of nitrogens with one attached hydrogen (secondary N) is 1. The van der Waals surface area contributed by atoms with Crippen LogP contribution >= 0.6 is 0 Å². The van der Waals surface area contributed by atoms with Crippen LogP contribution in [0.1, 0.15) is 26.7 Å². The predicted molar refractivity (Wildman–Crippen MR) is 37.9 cm³/mol. The van der Waals surface area contributed by atoms with E-state index in [1.807, 2.05) is 13.8 Å². The summed E-state index contributed by atoms with van der Waals surface area (Å²) >= 11 is 0. The molecule has 2 nitrogen and oxygen atoms in total. The monoisotopic (exact) mass is 127 g/mol. The molecule has 1 amide bonds. The van der Waals surface area contributed by atoms with E-state index in [9.17, 15) is 4.79 Å². The zero-order valence-electron chi connectivity index (χ0n) is 5.98. The van der Waals surface area contributed by atoms with Crippen LogP contribution in [0.2, 0.25) is 0 Å². The van der Waals surface area contributed by atoms with Gasteiger partial charge in [-0.3, -0.25) is 4.79 Å². The van der Waals surface area contributed by atoms with Crippen molar-refractivity contribution in [1.82, 2.24) is 5.32 Å². The summed E-state index contributed by atoms with van der Waals surface area (Å²) < 4.78 is 0. The van der Waals surface area contributed by atoms with Crippen LogP contribution in [0, 0.1) is 0 Å². The lowest BCUT2D eigenvalue weighted by Crippen LogP contribution is -2.15. The van der Waals surface area contributed by atoms with E-state index < -0.39 is 0 Å². The molecule has 0 saturated carbocycles. The maximum Gasteiger partial charge on any atom is 0.223 e. The van der Waals surface area contributed by atoms with Crippen molar-refractivity contribution in [3.05, 3.63) is 12.3 Å². The summed E-state index contributed by atoms with van der Waals surface area (Å²) in [6, 6.07) is 0. The van der Waals surface area contributed by atoms with Gasteiger partial charge in [0.2, 0.25) is 5.91 Å². The zero-order chi connectivity index (χ0) is 7.11. The third kappa shape index (κ3) is 5.07. The minimum atomic E-state index is 0.0931. The molecule has 0 aromatic heterocycles. The van der Waals surface area contributed by atoms with E-state index in [2.05, 4.69) is 5.32 Å². The Morgan fingerprint density at radius 1 is 1.67 bits per heavy atom. The minimum Gasteiger partial charge on any atom is -0.333 e. The maximum absolute atomic E-state index is 10.6. The molecule has 52 valence electrons. The first-order valence-corrected chi connectivity index (χ1v) is 3.21. The van der Waals surface area contributed by atoms with Gasteiger partial charge in [-0.1, -0.05) is 13.0 Å². The van der Waals surface area contributed by atoms with Gasteiger partial charge in [-0.05, 0) is 19.5 Å². The molecule has 0 aromatic carbocycles. The van der Waals surface area contributed by atoms with Gasteiger partial charge >= 0.3 is 0 Å². The highest BCUT2D eigenvalue weighted by atomic mass is 16.1. The topological polar surface area (TPSA) is 29.1 Å². The van der Waals surface area contributed by atoms with Crippen molar-refractivity contribution < 1.29 is 4.79 Å². The van der Waals surface area contributed by atoms with Gasteiger partial charge in [0.15, 0.2) is 0 Å². The Morgan fingerprint density at radius 2 is 2.33 bits per heavy atom. The van der Waals surface area contributed by atoms with Gasteiger partial charge in [0.05, 0.1) is 0 Å². The molecule has 9 heavy (non-hydrogen) atoms. The molecule has 0 saturated heterocycles. The van der Waals surface area contributed by atoms with Gasteiger partial charge in [0, 0.05) is 6.42 Å². The molecule has 0 fully saturated rings. The highest BCUT2D eigenvalue weighted by molar-refractivity contribution is 5.76. The van der Waals surface area contributed by atoms with Crippen LogP contribution in [0.15, 0.2) is 12.3 Å². The van der Waals surface area contributed by atoms with Gasteiger partial charge in [-0.15, -0.1) is 0 Å². The van der Waals surface area contributed by atoms with E-state index in [1.54, 1.807) is 12.3 Å². The number of carbonyl (C=O) groups is 1. The Bertz CT molecular complexity index is 107. The third-order valence-electron chi connectivity index (χ3n) is 0.888. The van der Waals surface area contributed by atoms with Crippen molar-refractivity contribution in [3.63, 3.8) is 0 Å². The second-order valence-corrected chi connectivity index (χ2v) is 1.82. The Balaban J connectivity index is 3.27. The molecule has 0 spiro atoms. The molecular formula is C7H13NO. The maximum atomic E-state index is 10.6. The first kappa shape index (κ1) is 8.21. The molecule has 0 aliphatic heterocycles. The number of allylic oxidation sites excluding steroid dienone is 1. The Labute approximate surface area is 56.0 Å². The van der Waals surface area contributed by atoms with E-state index in [-0.39, 0.29) is 5.91 Å². The molecule has 0 radical (unpaired) electrons. The lowest BCUT2D eigenvalue weighted by atomic mass is 10.3. The quantitative estimate of drug-likeness (QED) is 0.610. The van der Waals surface area contributed by atoms with E-state index in [0.717, 1.165) is 6.42 Å². The van der Waals surface area contributed by atoms with E-state index in [4.69, 9.17) is 0 Å². The highest BCUT2D eigenvalue weighted by Crippen LogP contribution is 1.84. The predicted octanol–water partition coefficient (Wildman–Crippen LogP) is 1.44. The molecule has 0 heterocycles. The fourth-order valence-electron chi connectivity index (χ4n) is 0.476. The van der Waals surface area contributed by atoms with Crippen LogP contribution < -0.4 is 5.32 Å². The molecule has 0 atom stereocenters. The molecule has 0 aromatic rings. The van der Waals surface area contributed by atoms with Crippen molar-refractivity contribution >= 4 is 5.91 Å². The van der Waals surface area contributed by atoms with Crippen LogP contribution in [0.5, 0.6) is 0 Å². The van der Waals surface area contributed by atoms with Crippen molar-refractivity contribution in [1.29, 1.82) is 0 Å². The van der Waals surface area contributed by atoms with E-state index >= 15 is 0 Å². The normalized spacial score (nSPS) is 10.0. The first-order chi connectivity index (χ1) is 4.31. The smallest absolute Gasteiger partial charge is 0.223 e. The number of rotatable bonds is 3. The zero-order valence-corrected chi connectivity index (χ0v) is 5.98. The van der Waals surface area contributed by atoms with Gasteiger partial charge in [0.1, 0.15) is 0 Å². The fraction of sp³-hybridized carbons (Fsp3) is 0.571. The van der Waals surface area contributed by atoms with Gasteiger partial charge in [0.25, 0.3) is 0 Å². The molecule has 2 heteroatoms. The third-order valence-corrected chi connectivity index (χ3v) is 0.888. The lowest BCUT2D eigenvalue weighted by Gasteiger charge is -1.93. The number of amides is 1. The minimum absolute atomic E-state index is 0.0931. The van der Waals surface area contributed by atoms with Crippen molar-refractivity contribution in [2.75, 3.05) is 0 Å². The average Bonchev–Trinajstić information content (AvgIpc) is 1.85. The second kappa shape index (κ2) is 5.35. The Morgan fingerprint density at radius 3 is 2.78 bits per heavy atom. The number of hydrogen-bond acceptors (Lipinski definition) is 1. The van der Waals surface area contributed by atoms with Gasteiger partial charge in [-0.25, -0.2) is 0 Å². The SMILES string of the molecule is CC=CNC(=O)CCC. The fourth-order valence-corrected chi connectivity index (χ4v) is 0.476. The van der Waals surface area contributed by atoms with Crippen molar-refractivity contribution in [2.45, 2.75) is 26.7 Å². The van der Waals surface area contributed by atoms with Crippen LogP contribution in [0.25, 0.3) is 0 Å². The molecule has 0 bridgehead atoms. The van der Waals surface area contributed by atoms with Crippen molar-refractivity contribution in [3.8, 4) is 0 Å².